The Bertz CT molecular complexity index is 1550. The van der Waals surface area contributed by atoms with Crippen LogP contribution in [0.2, 0.25) is 0 Å². The zero-order valence-electron chi connectivity index (χ0n) is 20.5. The Balaban J connectivity index is 1.22. The number of likely N-dealkylation sites (tertiary alicyclic amines) is 1. The standard InChI is InChI=1S/C29H27N3O5/c1-35-25-14-22-23(15-26(25)36-12-11-32-16-27(33)29(17-32)8-9-29)31-10-7-24(22)37-19-5-6-20-18(13-19)3-2-4-21(20)28(30)34/h2-7,10,13-15H,8-9,11-12,16-17H2,1H3,(H2,30,34). The van der Waals surface area contributed by atoms with Crippen LogP contribution in [0.4, 0.5) is 0 Å². The first kappa shape index (κ1) is 23.2. The monoisotopic (exact) mass is 497 g/mol. The van der Waals surface area contributed by atoms with Crippen LogP contribution in [0, 0.1) is 5.41 Å². The van der Waals surface area contributed by atoms with Crippen molar-refractivity contribution in [3.8, 4) is 23.0 Å². The van der Waals surface area contributed by atoms with Crippen molar-refractivity contribution in [2.45, 2.75) is 12.8 Å². The molecule has 2 N–H and O–H groups in total. The zero-order valence-corrected chi connectivity index (χ0v) is 20.5. The molecule has 1 saturated carbocycles. The van der Waals surface area contributed by atoms with Gasteiger partial charge in [0.15, 0.2) is 17.3 Å². The lowest BCUT2D eigenvalue weighted by Gasteiger charge is -2.17. The normalized spacial score (nSPS) is 16.4. The van der Waals surface area contributed by atoms with Gasteiger partial charge in [0.2, 0.25) is 5.91 Å². The lowest BCUT2D eigenvalue weighted by Crippen LogP contribution is -2.26. The number of rotatable bonds is 8. The van der Waals surface area contributed by atoms with Crippen LogP contribution >= 0.6 is 0 Å². The highest BCUT2D eigenvalue weighted by Crippen LogP contribution is 2.50. The molecule has 0 radical (unpaired) electrons. The first-order valence-corrected chi connectivity index (χ1v) is 12.3. The molecule has 0 unspecified atom stereocenters. The third kappa shape index (κ3) is 4.34. The van der Waals surface area contributed by atoms with Gasteiger partial charge in [0, 0.05) is 41.7 Å². The van der Waals surface area contributed by atoms with Crippen LogP contribution in [-0.4, -0.2) is 54.9 Å². The molecular formula is C29H27N3O5. The Kier molecular flexibility index (Phi) is 5.68. The van der Waals surface area contributed by atoms with E-state index in [1.807, 2.05) is 36.4 Å². The van der Waals surface area contributed by atoms with Crippen LogP contribution in [-0.2, 0) is 4.79 Å². The first-order valence-electron chi connectivity index (χ1n) is 12.3. The molecule has 0 bridgehead atoms. The number of fused-ring (bicyclic) bond motifs is 2. The SMILES string of the molecule is COc1cc2c(Oc3ccc4c(C(N)=O)cccc4c3)ccnc2cc1OCCN1CC(=O)C2(CC2)C1. The number of Topliss-reactive ketones (excluding diaryl/α,β-unsaturated/α-hetero) is 1. The maximum absolute atomic E-state index is 12.2. The fraction of sp³-hybridized carbons (Fsp3) is 0.276. The summed E-state index contributed by atoms with van der Waals surface area (Å²) < 4.78 is 17.9. The number of hydrogen-bond acceptors (Lipinski definition) is 7. The molecule has 2 aliphatic rings. The number of pyridine rings is 1. The highest BCUT2D eigenvalue weighted by Gasteiger charge is 2.54. The molecule has 0 atom stereocenters. The summed E-state index contributed by atoms with van der Waals surface area (Å²) in [6, 6.07) is 16.4. The van der Waals surface area contributed by atoms with E-state index in [0.29, 0.717) is 59.6 Å². The van der Waals surface area contributed by atoms with E-state index in [4.69, 9.17) is 19.9 Å². The van der Waals surface area contributed by atoms with Gasteiger partial charge in [-0.1, -0.05) is 12.1 Å². The van der Waals surface area contributed by atoms with Gasteiger partial charge in [-0.2, -0.15) is 0 Å². The average Bonchev–Trinajstić information content (AvgIpc) is 3.61. The van der Waals surface area contributed by atoms with Gasteiger partial charge in [-0.25, -0.2) is 0 Å². The van der Waals surface area contributed by atoms with Gasteiger partial charge in [-0.15, -0.1) is 0 Å². The summed E-state index contributed by atoms with van der Waals surface area (Å²) in [5.41, 5.74) is 6.63. The van der Waals surface area contributed by atoms with Crippen LogP contribution in [0.3, 0.4) is 0 Å². The van der Waals surface area contributed by atoms with Crippen molar-refractivity contribution in [3.05, 3.63) is 66.4 Å². The number of methoxy groups -OCH3 is 1. The largest absolute Gasteiger partial charge is 0.493 e. The summed E-state index contributed by atoms with van der Waals surface area (Å²) in [5, 5.41) is 2.40. The van der Waals surface area contributed by atoms with Crippen molar-refractivity contribution in [1.29, 1.82) is 0 Å². The van der Waals surface area contributed by atoms with Crippen LogP contribution < -0.4 is 19.9 Å². The minimum Gasteiger partial charge on any atom is -0.493 e. The van der Waals surface area contributed by atoms with E-state index in [-0.39, 0.29) is 5.41 Å². The summed E-state index contributed by atoms with van der Waals surface area (Å²) in [5.74, 6) is 2.31. The molecule has 8 heteroatoms. The second-order valence-corrected chi connectivity index (χ2v) is 9.75. The fourth-order valence-corrected chi connectivity index (χ4v) is 5.13. The molecule has 1 saturated heterocycles. The third-order valence-electron chi connectivity index (χ3n) is 7.34. The molecular weight excluding hydrogens is 470 g/mol. The highest BCUT2D eigenvalue weighted by atomic mass is 16.5. The van der Waals surface area contributed by atoms with Gasteiger partial charge in [0.25, 0.3) is 0 Å². The molecule has 188 valence electrons. The van der Waals surface area contributed by atoms with Crippen LogP contribution in [0.1, 0.15) is 23.2 Å². The van der Waals surface area contributed by atoms with Crippen LogP contribution in [0.15, 0.2) is 60.8 Å². The number of hydrogen-bond donors (Lipinski definition) is 1. The topological polar surface area (TPSA) is 104 Å². The van der Waals surface area contributed by atoms with Crippen molar-refractivity contribution in [2.75, 3.05) is 33.4 Å². The number of carbonyl (C=O) groups is 2. The second kappa shape index (κ2) is 9.05. The fourth-order valence-electron chi connectivity index (χ4n) is 5.13. The predicted octanol–water partition coefficient (Wildman–Crippen LogP) is 4.33. The summed E-state index contributed by atoms with van der Waals surface area (Å²) in [6.45, 7) is 2.49. The lowest BCUT2D eigenvalue weighted by atomic mass is 10.0. The number of amides is 1. The van der Waals surface area contributed by atoms with E-state index >= 15 is 0 Å². The number of benzene rings is 3. The van der Waals surface area contributed by atoms with Crippen molar-refractivity contribution < 1.29 is 23.8 Å². The molecule has 8 nitrogen and oxygen atoms in total. The lowest BCUT2D eigenvalue weighted by molar-refractivity contribution is -0.120. The second-order valence-electron chi connectivity index (χ2n) is 9.75. The van der Waals surface area contributed by atoms with E-state index in [9.17, 15) is 9.59 Å². The molecule has 1 aromatic heterocycles. The molecule has 3 aromatic carbocycles. The number of ether oxygens (including phenoxy) is 3. The number of aromatic nitrogens is 1. The Morgan fingerprint density at radius 2 is 1.92 bits per heavy atom. The van der Waals surface area contributed by atoms with Gasteiger partial charge in [0.05, 0.1) is 19.2 Å². The Morgan fingerprint density at radius 1 is 1.05 bits per heavy atom. The summed E-state index contributed by atoms with van der Waals surface area (Å²) >= 11 is 0. The van der Waals surface area contributed by atoms with E-state index in [2.05, 4.69) is 9.88 Å². The molecule has 2 heterocycles. The van der Waals surface area contributed by atoms with Crippen molar-refractivity contribution in [1.82, 2.24) is 9.88 Å². The maximum atomic E-state index is 12.2. The number of ketones is 1. The quantitative estimate of drug-likeness (QED) is 0.386. The van der Waals surface area contributed by atoms with Crippen LogP contribution in [0.25, 0.3) is 21.7 Å². The first-order chi connectivity index (χ1) is 18.0. The number of carbonyl (C=O) groups excluding carboxylic acids is 2. The maximum Gasteiger partial charge on any atom is 0.249 e. The molecule has 6 rings (SSSR count). The molecule has 2 fully saturated rings. The summed E-state index contributed by atoms with van der Waals surface area (Å²) in [4.78, 5) is 30.6. The number of nitrogens with two attached hydrogens (primary N) is 1. The molecule has 37 heavy (non-hydrogen) atoms. The third-order valence-corrected chi connectivity index (χ3v) is 7.34. The van der Waals surface area contributed by atoms with Crippen molar-refractivity contribution in [2.24, 2.45) is 11.1 Å². The average molecular weight is 498 g/mol. The van der Waals surface area contributed by atoms with E-state index in [0.717, 1.165) is 35.5 Å². The summed E-state index contributed by atoms with van der Waals surface area (Å²) in [7, 11) is 1.60. The number of nitrogens with zero attached hydrogens (tertiary/aromatic N) is 2. The van der Waals surface area contributed by atoms with E-state index in [1.54, 1.807) is 31.5 Å². The van der Waals surface area contributed by atoms with Gasteiger partial charge in [0.1, 0.15) is 18.1 Å². The van der Waals surface area contributed by atoms with Gasteiger partial charge in [-0.3, -0.25) is 19.5 Å². The minimum absolute atomic E-state index is 0.0594. The van der Waals surface area contributed by atoms with Crippen molar-refractivity contribution in [3.63, 3.8) is 0 Å². The highest BCUT2D eigenvalue weighted by molar-refractivity contribution is 6.06. The molecule has 1 spiro atoms. The molecule has 1 amide bonds. The molecule has 1 aliphatic carbocycles. The minimum atomic E-state index is -0.467. The molecule has 1 aliphatic heterocycles. The Morgan fingerprint density at radius 3 is 2.68 bits per heavy atom. The molecule has 4 aromatic rings. The van der Waals surface area contributed by atoms with E-state index in [1.165, 1.54) is 0 Å². The number of primary amides is 1. The Labute approximate surface area is 213 Å². The van der Waals surface area contributed by atoms with Gasteiger partial charge < -0.3 is 19.9 Å². The van der Waals surface area contributed by atoms with Crippen LogP contribution in [0.5, 0.6) is 23.0 Å². The zero-order chi connectivity index (χ0) is 25.6. The van der Waals surface area contributed by atoms with E-state index < -0.39 is 5.91 Å². The van der Waals surface area contributed by atoms with Gasteiger partial charge in [-0.05, 0) is 60.0 Å². The summed E-state index contributed by atoms with van der Waals surface area (Å²) in [6.07, 6.45) is 3.72. The predicted molar refractivity (Wildman–Crippen MR) is 139 cm³/mol. The van der Waals surface area contributed by atoms with Crippen molar-refractivity contribution >= 4 is 33.4 Å². The smallest absolute Gasteiger partial charge is 0.249 e. The van der Waals surface area contributed by atoms with Gasteiger partial charge >= 0.3 is 0 Å². The Hall–Kier alpha value is -4.17.